The molecule has 7 heteroatoms. The van der Waals surface area contributed by atoms with E-state index in [2.05, 4.69) is 9.98 Å². The highest BCUT2D eigenvalue weighted by Crippen LogP contribution is 2.36. The highest BCUT2D eigenvalue weighted by Gasteiger charge is 2.39. The number of fused-ring (bicyclic) bond motifs is 1. The SMILES string of the molecule is COC1=NC2C(CC=CN2c2c(F)cccc2F)C(c2ccccc2F)=N1. The van der Waals surface area contributed by atoms with Crippen molar-refractivity contribution in [3.05, 3.63) is 77.8 Å². The summed E-state index contributed by atoms with van der Waals surface area (Å²) < 4.78 is 48.3. The van der Waals surface area contributed by atoms with E-state index in [0.717, 1.165) is 0 Å². The van der Waals surface area contributed by atoms with Crippen LogP contribution in [-0.2, 0) is 4.74 Å². The number of nitrogens with zero attached hydrogens (tertiary/aromatic N) is 3. The minimum atomic E-state index is -0.705. The fraction of sp³-hybridized carbons (Fsp3) is 0.200. The molecule has 138 valence electrons. The Bertz CT molecular complexity index is 950. The fourth-order valence-electron chi connectivity index (χ4n) is 3.43. The molecule has 2 aromatic rings. The van der Waals surface area contributed by atoms with Crippen molar-refractivity contribution >= 4 is 17.4 Å². The Morgan fingerprint density at radius 3 is 2.41 bits per heavy atom. The average molecular weight is 371 g/mol. The standard InChI is InChI=1S/C20H16F3N3O/c1-27-20-24-17(12-6-2-3-8-14(12)21)13-7-5-11-26(19(13)25-20)18-15(22)9-4-10-16(18)23/h2-6,8-11,13,19H,7H2,1H3. The zero-order chi connectivity index (χ0) is 19.0. The van der Waals surface area contributed by atoms with E-state index in [-0.39, 0.29) is 17.6 Å². The molecule has 2 aliphatic heterocycles. The topological polar surface area (TPSA) is 37.2 Å². The number of hydrogen-bond donors (Lipinski definition) is 0. The Morgan fingerprint density at radius 1 is 1.00 bits per heavy atom. The highest BCUT2D eigenvalue weighted by atomic mass is 19.1. The van der Waals surface area contributed by atoms with E-state index in [0.29, 0.717) is 17.7 Å². The van der Waals surface area contributed by atoms with Gasteiger partial charge < -0.3 is 9.64 Å². The van der Waals surface area contributed by atoms with Gasteiger partial charge in [-0.1, -0.05) is 30.3 Å². The summed E-state index contributed by atoms with van der Waals surface area (Å²) in [6.45, 7) is 0. The van der Waals surface area contributed by atoms with Crippen LogP contribution in [0.15, 0.2) is 64.7 Å². The molecule has 0 spiro atoms. The van der Waals surface area contributed by atoms with Crippen LogP contribution in [0.1, 0.15) is 12.0 Å². The van der Waals surface area contributed by atoms with Crippen molar-refractivity contribution in [3.8, 4) is 0 Å². The van der Waals surface area contributed by atoms with E-state index < -0.39 is 23.6 Å². The lowest BCUT2D eigenvalue weighted by Crippen LogP contribution is -2.46. The Morgan fingerprint density at radius 2 is 1.70 bits per heavy atom. The molecule has 0 aliphatic carbocycles. The third kappa shape index (κ3) is 2.99. The molecule has 0 fully saturated rings. The second kappa shape index (κ2) is 6.90. The number of aliphatic imine (C=N–C) groups is 2. The van der Waals surface area contributed by atoms with Gasteiger partial charge in [-0.3, -0.25) is 0 Å². The summed E-state index contributed by atoms with van der Waals surface area (Å²) in [6.07, 6.45) is 3.16. The number of benzene rings is 2. The van der Waals surface area contributed by atoms with Gasteiger partial charge in [0.15, 0.2) is 0 Å². The third-order valence-electron chi connectivity index (χ3n) is 4.64. The van der Waals surface area contributed by atoms with Gasteiger partial charge >= 0.3 is 6.02 Å². The Labute approximate surface area is 154 Å². The summed E-state index contributed by atoms with van der Waals surface area (Å²) in [7, 11) is 1.40. The van der Waals surface area contributed by atoms with Crippen LogP contribution in [0.4, 0.5) is 18.9 Å². The first-order valence-electron chi connectivity index (χ1n) is 8.44. The van der Waals surface area contributed by atoms with Crippen LogP contribution < -0.4 is 4.90 Å². The normalized spacial score (nSPS) is 21.4. The summed E-state index contributed by atoms with van der Waals surface area (Å²) in [5.74, 6) is -2.22. The number of allylic oxidation sites excluding steroid dienone is 1. The van der Waals surface area contributed by atoms with Gasteiger partial charge in [0.2, 0.25) is 0 Å². The zero-order valence-corrected chi connectivity index (χ0v) is 14.4. The van der Waals surface area contributed by atoms with Crippen LogP contribution in [0.3, 0.4) is 0 Å². The maximum atomic E-state index is 14.4. The smallest absolute Gasteiger partial charge is 0.313 e. The molecule has 0 amide bonds. The molecule has 2 heterocycles. The summed E-state index contributed by atoms with van der Waals surface area (Å²) >= 11 is 0. The van der Waals surface area contributed by atoms with E-state index in [1.807, 2.05) is 0 Å². The van der Waals surface area contributed by atoms with Gasteiger partial charge in [-0.15, -0.1) is 0 Å². The van der Waals surface area contributed by atoms with Gasteiger partial charge in [-0.2, -0.15) is 4.99 Å². The first-order chi connectivity index (χ1) is 13.1. The van der Waals surface area contributed by atoms with Crippen LogP contribution in [0.2, 0.25) is 0 Å². The average Bonchev–Trinajstić information content (AvgIpc) is 2.67. The van der Waals surface area contributed by atoms with Crippen molar-refractivity contribution in [2.45, 2.75) is 12.6 Å². The number of rotatable bonds is 2. The molecule has 0 bridgehead atoms. The number of methoxy groups -OCH3 is 1. The molecular formula is C20H16F3N3O. The number of para-hydroxylation sites is 1. The van der Waals surface area contributed by atoms with E-state index in [4.69, 9.17) is 4.74 Å². The number of ether oxygens (including phenoxy) is 1. The molecule has 2 aromatic carbocycles. The van der Waals surface area contributed by atoms with Gasteiger partial charge in [0.05, 0.1) is 12.8 Å². The molecule has 4 nitrogen and oxygen atoms in total. The lowest BCUT2D eigenvalue weighted by Gasteiger charge is -2.39. The predicted octanol–water partition coefficient (Wildman–Crippen LogP) is 4.28. The summed E-state index contributed by atoms with van der Waals surface area (Å²) in [5.41, 5.74) is 0.551. The summed E-state index contributed by atoms with van der Waals surface area (Å²) in [6, 6.07) is 9.97. The van der Waals surface area contributed by atoms with Crippen LogP contribution >= 0.6 is 0 Å². The molecule has 27 heavy (non-hydrogen) atoms. The van der Waals surface area contributed by atoms with E-state index in [9.17, 15) is 13.2 Å². The number of amidine groups is 1. The van der Waals surface area contributed by atoms with Crippen LogP contribution in [0.25, 0.3) is 0 Å². The molecule has 2 aliphatic rings. The van der Waals surface area contributed by atoms with Crippen molar-refractivity contribution in [2.75, 3.05) is 12.0 Å². The Kier molecular flexibility index (Phi) is 4.43. The molecule has 0 aromatic heterocycles. The predicted molar refractivity (Wildman–Crippen MR) is 97.3 cm³/mol. The molecular weight excluding hydrogens is 355 g/mol. The first-order valence-corrected chi connectivity index (χ1v) is 8.44. The van der Waals surface area contributed by atoms with Crippen molar-refractivity contribution in [1.29, 1.82) is 0 Å². The minimum absolute atomic E-state index is 0.0338. The quantitative estimate of drug-likeness (QED) is 0.790. The molecule has 0 radical (unpaired) electrons. The molecule has 0 saturated heterocycles. The van der Waals surface area contributed by atoms with Crippen molar-refractivity contribution in [2.24, 2.45) is 15.9 Å². The van der Waals surface area contributed by atoms with Gasteiger partial charge in [-0.05, 0) is 24.6 Å². The van der Waals surface area contributed by atoms with Crippen molar-refractivity contribution in [3.63, 3.8) is 0 Å². The van der Waals surface area contributed by atoms with Gasteiger partial charge in [0, 0.05) is 17.7 Å². The second-order valence-corrected chi connectivity index (χ2v) is 6.21. The Balaban J connectivity index is 1.83. The van der Waals surface area contributed by atoms with Crippen LogP contribution in [-0.4, -0.2) is 25.0 Å². The number of hydrogen-bond acceptors (Lipinski definition) is 4. The monoisotopic (exact) mass is 371 g/mol. The van der Waals surface area contributed by atoms with Crippen molar-refractivity contribution < 1.29 is 17.9 Å². The number of anilines is 1. The van der Waals surface area contributed by atoms with Crippen LogP contribution in [0.5, 0.6) is 0 Å². The van der Waals surface area contributed by atoms with Crippen LogP contribution in [0, 0.1) is 23.4 Å². The lowest BCUT2D eigenvalue weighted by atomic mass is 9.87. The molecule has 2 unspecified atom stereocenters. The van der Waals surface area contributed by atoms with Crippen molar-refractivity contribution in [1.82, 2.24) is 0 Å². The number of halogens is 3. The molecule has 4 rings (SSSR count). The van der Waals surface area contributed by atoms with E-state index in [1.165, 1.54) is 36.3 Å². The molecule has 0 saturated carbocycles. The second-order valence-electron chi connectivity index (χ2n) is 6.21. The third-order valence-corrected chi connectivity index (χ3v) is 4.64. The summed E-state index contributed by atoms with van der Waals surface area (Å²) in [5, 5.41) is 0. The van der Waals surface area contributed by atoms with Gasteiger partial charge in [0.1, 0.15) is 29.3 Å². The fourth-order valence-corrected chi connectivity index (χ4v) is 3.43. The maximum Gasteiger partial charge on any atom is 0.313 e. The first kappa shape index (κ1) is 17.3. The van der Waals surface area contributed by atoms with E-state index >= 15 is 0 Å². The lowest BCUT2D eigenvalue weighted by molar-refractivity contribution is 0.377. The zero-order valence-electron chi connectivity index (χ0n) is 14.4. The Hall–Kier alpha value is -3.09. The van der Waals surface area contributed by atoms with E-state index in [1.54, 1.807) is 30.5 Å². The van der Waals surface area contributed by atoms with Gasteiger partial charge in [0.25, 0.3) is 0 Å². The largest absolute Gasteiger partial charge is 0.467 e. The molecule has 0 N–H and O–H groups in total. The summed E-state index contributed by atoms with van der Waals surface area (Å²) in [4.78, 5) is 10.1. The van der Waals surface area contributed by atoms with Gasteiger partial charge in [-0.25, -0.2) is 18.2 Å². The minimum Gasteiger partial charge on any atom is -0.467 e. The maximum absolute atomic E-state index is 14.4. The highest BCUT2D eigenvalue weighted by molar-refractivity contribution is 6.09. The molecule has 2 atom stereocenters.